The first-order chi connectivity index (χ1) is 7.37. The standard InChI is InChI=1S/C13H26N2O/c1-11(2)3-5-12(14,6-4-11)13(16)7-9-15-10-8-13/h15-16H,3-10,14H2,1-2H3. The van der Waals surface area contributed by atoms with Crippen LogP contribution in [0.3, 0.4) is 0 Å². The smallest absolute Gasteiger partial charge is 0.0850 e. The molecule has 94 valence electrons. The molecule has 3 nitrogen and oxygen atoms in total. The average molecular weight is 226 g/mol. The number of nitrogens with two attached hydrogens (primary N) is 1. The minimum Gasteiger partial charge on any atom is -0.388 e. The normalized spacial score (nSPS) is 32.2. The molecule has 1 aliphatic heterocycles. The lowest BCUT2D eigenvalue weighted by atomic mass is 9.61. The van der Waals surface area contributed by atoms with Gasteiger partial charge in [-0.3, -0.25) is 0 Å². The van der Waals surface area contributed by atoms with Crippen LogP contribution in [-0.2, 0) is 0 Å². The largest absolute Gasteiger partial charge is 0.388 e. The van der Waals surface area contributed by atoms with E-state index in [1.165, 1.54) is 0 Å². The molecule has 0 aromatic heterocycles. The number of rotatable bonds is 1. The fraction of sp³-hybridized carbons (Fsp3) is 1.00. The molecule has 2 fully saturated rings. The predicted octanol–water partition coefficient (Wildman–Crippen LogP) is 1.40. The van der Waals surface area contributed by atoms with Crippen LogP contribution in [0.4, 0.5) is 0 Å². The van der Waals surface area contributed by atoms with Crippen LogP contribution in [0.2, 0.25) is 0 Å². The van der Waals surface area contributed by atoms with E-state index in [4.69, 9.17) is 5.73 Å². The highest BCUT2D eigenvalue weighted by molar-refractivity contribution is 5.08. The van der Waals surface area contributed by atoms with Gasteiger partial charge in [0, 0.05) is 5.54 Å². The molecule has 3 heteroatoms. The summed E-state index contributed by atoms with van der Waals surface area (Å²) in [4.78, 5) is 0. The first-order valence-electron chi connectivity index (χ1n) is 6.59. The Morgan fingerprint density at radius 3 is 1.94 bits per heavy atom. The zero-order valence-electron chi connectivity index (χ0n) is 10.7. The molecule has 0 radical (unpaired) electrons. The van der Waals surface area contributed by atoms with Crippen molar-refractivity contribution in [3.05, 3.63) is 0 Å². The summed E-state index contributed by atoms with van der Waals surface area (Å²) < 4.78 is 0. The van der Waals surface area contributed by atoms with E-state index in [2.05, 4.69) is 19.2 Å². The molecule has 0 unspecified atom stereocenters. The summed E-state index contributed by atoms with van der Waals surface area (Å²) in [6.45, 7) is 6.41. The highest BCUT2D eigenvalue weighted by atomic mass is 16.3. The Labute approximate surface area is 98.8 Å². The van der Waals surface area contributed by atoms with Crippen molar-refractivity contribution in [3.63, 3.8) is 0 Å². The van der Waals surface area contributed by atoms with Gasteiger partial charge in [-0.25, -0.2) is 0 Å². The maximum atomic E-state index is 10.8. The maximum absolute atomic E-state index is 10.8. The Kier molecular flexibility index (Phi) is 3.06. The van der Waals surface area contributed by atoms with E-state index in [1.54, 1.807) is 0 Å². The first kappa shape index (κ1) is 12.3. The molecule has 2 rings (SSSR count). The summed E-state index contributed by atoms with van der Waals surface area (Å²) in [5.41, 5.74) is 5.95. The number of piperidine rings is 1. The Bertz CT molecular complexity index is 247. The fourth-order valence-electron chi connectivity index (χ4n) is 3.18. The van der Waals surface area contributed by atoms with Crippen LogP contribution < -0.4 is 11.1 Å². The van der Waals surface area contributed by atoms with E-state index in [9.17, 15) is 5.11 Å². The quantitative estimate of drug-likeness (QED) is 0.633. The molecule has 16 heavy (non-hydrogen) atoms. The molecule has 1 saturated heterocycles. The summed E-state index contributed by atoms with van der Waals surface area (Å²) >= 11 is 0. The van der Waals surface area contributed by atoms with Gasteiger partial charge in [-0.1, -0.05) is 13.8 Å². The molecule has 0 aromatic carbocycles. The van der Waals surface area contributed by atoms with E-state index in [0.29, 0.717) is 5.41 Å². The molecule has 0 amide bonds. The molecule has 0 aromatic rings. The number of aliphatic hydroxyl groups is 1. The topological polar surface area (TPSA) is 58.3 Å². The van der Waals surface area contributed by atoms with Crippen molar-refractivity contribution in [2.75, 3.05) is 13.1 Å². The zero-order valence-corrected chi connectivity index (χ0v) is 10.7. The van der Waals surface area contributed by atoms with Crippen molar-refractivity contribution in [1.29, 1.82) is 0 Å². The van der Waals surface area contributed by atoms with Gasteiger partial charge in [0.1, 0.15) is 0 Å². The first-order valence-corrected chi connectivity index (χ1v) is 6.59. The Hall–Kier alpha value is -0.120. The van der Waals surface area contributed by atoms with E-state index >= 15 is 0 Å². The third-order valence-electron chi connectivity index (χ3n) is 4.85. The molecule has 0 spiro atoms. The number of hydrogen-bond acceptors (Lipinski definition) is 3. The van der Waals surface area contributed by atoms with Crippen molar-refractivity contribution in [3.8, 4) is 0 Å². The molecule has 0 bridgehead atoms. The third-order valence-corrected chi connectivity index (χ3v) is 4.85. The van der Waals surface area contributed by atoms with Gasteiger partial charge in [0.05, 0.1) is 5.60 Å². The van der Waals surface area contributed by atoms with Gasteiger partial charge < -0.3 is 16.2 Å². The molecule has 0 atom stereocenters. The minimum atomic E-state index is -0.630. The summed E-state index contributed by atoms with van der Waals surface area (Å²) in [5, 5.41) is 14.1. The van der Waals surface area contributed by atoms with Crippen molar-refractivity contribution >= 4 is 0 Å². The highest BCUT2D eigenvalue weighted by Gasteiger charge is 2.50. The van der Waals surface area contributed by atoms with Crippen LogP contribution in [0.25, 0.3) is 0 Å². The SMILES string of the molecule is CC1(C)CCC(N)(C2(O)CCNCC2)CC1. The van der Waals surface area contributed by atoms with Crippen LogP contribution in [0, 0.1) is 5.41 Å². The van der Waals surface area contributed by atoms with Gasteiger partial charge in [-0.15, -0.1) is 0 Å². The molecular weight excluding hydrogens is 200 g/mol. The number of nitrogens with one attached hydrogen (secondary N) is 1. The lowest BCUT2D eigenvalue weighted by Crippen LogP contribution is -2.65. The van der Waals surface area contributed by atoms with Crippen molar-refractivity contribution < 1.29 is 5.11 Å². The second-order valence-corrected chi connectivity index (χ2v) is 6.60. The van der Waals surface area contributed by atoms with Crippen LogP contribution in [0.5, 0.6) is 0 Å². The molecule has 4 N–H and O–H groups in total. The van der Waals surface area contributed by atoms with Gasteiger partial charge in [-0.2, -0.15) is 0 Å². The molecule has 1 aliphatic carbocycles. The third kappa shape index (κ3) is 2.13. The molecule has 2 aliphatic rings. The highest BCUT2D eigenvalue weighted by Crippen LogP contribution is 2.45. The molecular formula is C13H26N2O. The molecule has 1 heterocycles. The van der Waals surface area contributed by atoms with Crippen LogP contribution in [-0.4, -0.2) is 29.3 Å². The van der Waals surface area contributed by atoms with Crippen LogP contribution >= 0.6 is 0 Å². The van der Waals surface area contributed by atoms with Gasteiger partial charge in [0.15, 0.2) is 0 Å². The summed E-state index contributed by atoms with van der Waals surface area (Å²) in [6.07, 6.45) is 5.83. The Balaban J connectivity index is 2.07. The lowest BCUT2D eigenvalue weighted by Gasteiger charge is -2.52. The van der Waals surface area contributed by atoms with Crippen molar-refractivity contribution in [1.82, 2.24) is 5.32 Å². The fourth-order valence-corrected chi connectivity index (χ4v) is 3.18. The minimum absolute atomic E-state index is 0.343. The van der Waals surface area contributed by atoms with Gasteiger partial charge in [0.2, 0.25) is 0 Å². The van der Waals surface area contributed by atoms with E-state index in [1.807, 2.05) is 0 Å². The van der Waals surface area contributed by atoms with Gasteiger partial charge >= 0.3 is 0 Å². The maximum Gasteiger partial charge on any atom is 0.0850 e. The van der Waals surface area contributed by atoms with Crippen LogP contribution in [0.15, 0.2) is 0 Å². The Morgan fingerprint density at radius 2 is 1.44 bits per heavy atom. The van der Waals surface area contributed by atoms with Gasteiger partial charge in [-0.05, 0) is 57.0 Å². The van der Waals surface area contributed by atoms with E-state index in [0.717, 1.165) is 51.6 Å². The molecule has 1 saturated carbocycles. The van der Waals surface area contributed by atoms with Gasteiger partial charge in [0.25, 0.3) is 0 Å². The summed E-state index contributed by atoms with van der Waals surface area (Å²) in [5.74, 6) is 0. The summed E-state index contributed by atoms with van der Waals surface area (Å²) in [6, 6.07) is 0. The van der Waals surface area contributed by atoms with Crippen molar-refractivity contribution in [2.45, 2.75) is 63.5 Å². The monoisotopic (exact) mass is 226 g/mol. The zero-order chi connectivity index (χ0) is 11.9. The van der Waals surface area contributed by atoms with E-state index in [-0.39, 0.29) is 5.54 Å². The Morgan fingerprint density at radius 1 is 0.938 bits per heavy atom. The average Bonchev–Trinajstić information content (AvgIpc) is 2.24. The number of hydrogen-bond donors (Lipinski definition) is 3. The second-order valence-electron chi connectivity index (χ2n) is 6.60. The van der Waals surface area contributed by atoms with Crippen LogP contribution in [0.1, 0.15) is 52.4 Å². The van der Waals surface area contributed by atoms with Crippen molar-refractivity contribution in [2.24, 2.45) is 11.1 Å². The second kappa shape index (κ2) is 3.97. The lowest BCUT2D eigenvalue weighted by molar-refractivity contribution is -0.0830. The predicted molar refractivity (Wildman–Crippen MR) is 66.2 cm³/mol. The van der Waals surface area contributed by atoms with E-state index < -0.39 is 5.60 Å². The summed E-state index contributed by atoms with van der Waals surface area (Å²) in [7, 11) is 0.